The van der Waals surface area contributed by atoms with Crippen molar-refractivity contribution in [3.05, 3.63) is 71.8 Å². The van der Waals surface area contributed by atoms with Crippen LogP contribution in [0.15, 0.2) is 49.3 Å². The van der Waals surface area contributed by atoms with E-state index in [1.165, 1.54) is 0 Å². The summed E-state index contributed by atoms with van der Waals surface area (Å²) in [5.41, 5.74) is 18.6. The maximum absolute atomic E-state index is 6.55. The molecule has 2 atom stereocenters. The van der Waals surface area contributed by atoms with Crippen LogP contribution in [-0.2, 0) is 6.54 Å². The molecule has 11 nitrogen and oxygen atoms in total. The molecule has 3 heterocycles. The molecule has 192 valence electrons. The smallest absolute Gasteiger partial charge is 0.162 e. The minimum absolute atomic E-state index is 0.398. The summed E-state index contributed by atoms with van der Waals surface area (Å²) in [6, 6.07) is 10.3. The van der Waals surface area contributed by atoms with Gasteiger partial charge >= 0.3 is 0 Å². The predicted molar refractivity (Wildman–Crippen MR) is 141 cm³/mol. The van der Waals surface area contributed by atoms with Crippen molar-refractivity contribution in [2.24, 2.45) is 11.5 Å². The molecule has 6 N–H and O–H groups in total. The van der Waals surface area contributed by atoms with Crippen LogP contribution in [0.4, 0.5) is 5.69 Å². The number of hydrogen-bond donors (Lipinski definition) is 4. The summed E-state index contributed by atoms with van der Waals surface area (Å²) in [6.45, 7) is 5.55. The molecule has 0 amide bonds. The molecule has 1 aliphatic heterocycles. The number of ether oxygens (including phenoxy) is 2. The third kappa shape index (κ3) is 4.91. The lowest BCUT2D eigenvalue weighted by Gasteiger charge is -2.32. The van der Waals surface area contributed by atoms with E-state index in [1.807, 2.05) is 24.3 Å². The zero-order valence-electron chi connectivity index (χ0n) is 20.7. The van der Waals surface area contributed by atoms with E-state index >= 15 is 0 Å². The Morgan fingerprint density at radius 2 is 1.59 bits per heavy atom. The maximum atomic E-state index is 6.55. The lowest BCUT2D eigenvalue weighted by molar-refractivity contribution is 0.154. The minimum atomic E-state index is -0.408. The van der Waals surface area contributed by atoms with Gasteiger partial charge in [-0.15, -0.1) is 0 Å². The molecule has 0 saturated carbocycles. The average Bonchev–Trinajstić information content (AvgIpc) is 3.63. The van der Waals surface area contributed by atoms with Gasteiger partial charge in [0.15, 0.2) is 11.5 Å². The lowest BCUT2D eigenvalue weighted by atomic mass is 9.91. The summed E-state index contributed by atoms with van der Waals surface area (Å²) in [5.74, 6) is 1.16. The molecular weight excluding hydrogens is 470 g/mol. The Bertz CT molecular complexity index is 1340. The molecular formula is C26H31N9O2. The van der Waals surface area contributed by atoms with Crippen molar-refractivity contribution in [1.29, 1.82) is 0 Å². The average molecular weight is 502 g/mol. The van der Waals surface area contributed by atoms with E-state index in [2.05, 4.69) is 61.5 Å². The number of nitrogens with zero attached hydrogens (tertiary/aromatic N) is 5. The minimum Gasteiger partial charge on any atom is -0.480 e. The molecule has 0 aliphatic carbocycles. The molecule has 11 heteroatoms. The Kier molecular flexibility index (Phi) is 7.15. The summed E-state index contributed by atoms with van der Waals surface area (Å²) < 4.78 is 13.1. The second kappa shape index (κ2) is 10.8. The Morgan fingerprint density at radius 1 is 0.973 bits per heavy atom. The second-order valence-electron chi connectivity index (χ2n) is 8.92. The van der Waals surface area contributed by atoms with Crippen LogP contribution in [-0.4, -0.2) is 51.0 Å². The first kappa shape index (κ1) is 24.5. The third-order valence-corrected chi connectivity index (χ3v) is 6.46. The highest BCUT2D eigenvalue weighted by atomic mass is 16.5. The van der Waals surface area contributed by atoms with Gasteiger partial charge in [0.25, 0.3) is 0 Å². The van der Waals surface area contributed by atoms with E-state index < -0.39 is 12.2 Å². The fourth-order valence-corrected chi connectivity index (χ4v) is 4.75. The molecule has 2 aromatic carbocycles. The van der Waals surface area contributed by atoms with Gasteiger partial charge < -0.3 is 25.8 Å². The van der Waals surface area contributed by atoms with Crippen LogP contribution in [0.1, 0.15) is 47.6 Å². The molecule has 0 fully saturated rings. The first-order chi connectivity index (χ1) is 18.1. The topological polar surface area (TPSA) is 157 Å². The number of fused-ring (bicyclic) bond motifs is 3. The first-order valence-corrected chi connectivity index (χ1v) is 12.2. The van der Waals surface area contributed by atoms with E-state index in [9.17, 15) is 0 Å². The largest absolute Gasteiger partial charge is 0.480 e. The number of nitrogens with two attached hydrogens (primary N) is 2. The molecule has 5 rings (SSSR count). The highest BCUT2D eigenvalue weighted by molar-refractivity contribution is 5.89. The number of para-hydroxylation sites is 1. The van der Waals surface area contributed by atoms with Gasteiger partial charge in [0.1, 0.15) is 23.6 Å². The van der Waals surface area contributed by atoms with Crippen LogP contribution in [0.5, 0.6) is 11.5 Å². The van der Waals surface area contributed by atoms with Crippen LogP contribution in [0.3, 0.4) is 0 Å². The van der Waals surface area contributed by atoms with Crippen LogP contribution < -0.4 is 25.8 Å². The number of aromatic amines is 2. The quantitative estimate of drug-likeness (QED) is 0.242. The van der Waals surface area contributed by atoms with Gasteiger partial charge in [0.05, 0.1) is 18.1 Å². The number of rotatable bonds is 11. The molecule has 0 saturated heterocycles. The van der Waals surface area contributed by atoms with Crippen molar-refractivity contribution in [3.8, 4) is 22.6 Å². The summed E-state index contributed by atoms with van der Waals surface area (Å²) in [7, 11) is 2.08. The normalized spacial score (nSPS) is 14.0. The van der Waals surface area contributed by atoms with Crippen molar-refractivity contribution in [3.63, 3.8) is 0 Å². The monoisotopic (exact) mass is 501 g/mol. The molecule has 2 aromatic heterocycles. The SMILES string of the molecule is C=Cc1cccc2c1N(C)Cc1cc(OC(CCN)c3cn[nH]n3)c(OC(CCN)c3cn[nH]n3)cc1-2. The maximum Gasteiger partial charge on any atom is 0.162 e. The Hall–Kier alpha value is -4.22. The Morgan fingerprint density at radius 3 is 2.14 bits per heavy atom. The number of nitrogens with one attached hydrogen (secondary N) is 2. The molecule has 1 aliphatic rings. The van der Waals surface area contributed by atoms with E-state index in [1.54, 1.807) is 12.4 Å². The molecule has 37 heavy (non-hydrogen) atoms. The zero-order valence-corrected chi connectivity index (χ0v) is 20.7. The van der Waals surface area contributed by atoms with E-state index in [0.29, 0.717) is 55.4 Å². The lowest BCUT2D eigenvalue weighted by Crippen LogP contribution is -2.23. The molecule has 0 spiro atoms. The van der Waals surface area contributed by atoms with Crippen molar-refractivity contribution in [2.75, 3.05) is 25.0 Å². The van der Waals surface area contributed by atoms with Crippen LogP contribution >= 0.6 is 0 Å². The predicted octanol–water partition coefficient (Wildman–Crippen LogP) is 3.12. The fraction of sp³-hybridized carbons (Fsp3) is 0.308. The number of hydrogen-bond acceptors (Lipinski definition) is 9. The highest BCUT2D eigenvalue weighted by Gasteiger charge is 2.27. The van der Waals surface area contributed by atoms with Crippen molar-refractivity contribution < 1.29 is 9.47 Å². The van der Waals surface area contributed by atoms with E-state index in [4.69, 9.17) is 20.9 Å². The molecule has 4 aromatic rings. The second-order valence-corrected chi connectivity index (χ2v) is 8.92. The standard InChI is InChI=1S/C26H31N9O2/c1-3-16-5-4-6-18-19-12-25(37-23(8-10-28)21-14-30-34-32-21)24(11-17(19)15-35(2)26(16)18)36-22(7-9-27)20-13-29-33-31-20/h3-6,11-14,22-23H,1,7-10,15,27-28H2,2H3,(H,29,31,33)(H,30,32,34). The van der Waals surface area contributed by atoms with Crippen molar-refractivity contribution in [1.82, 2.24) is 30.8 Å². The summed E-state index contributed by atoms with van der Waals surface area (Å²) in [4.78, 5) is 2.22. The number of H-pyrrole nitrogens is 2. The Balaban J connectivity index is 1.62. The van der Waals surface area contributed by atoms with Gasteiger partial charge in [-0.2, -0.15) is 30.8 Å². The first-order valence-electron chi connectivity index (χ1n) is 12.2. The summed E-state index contributed by atoms with van der Waals surface area (Å²) in [6.07, 6.45) is 5.48. The third-order valence-electron chi connectivity index (χ3n) is 6.46. The van der Waals surface area contributed by atoms with Gasteiger partial charge in [0.2, 0.25) is 0 Å². The van der Waals surface area contributed by atoms with Crippen LogP contribution in [0.25, 0.3) is 17.2 Å². The number of anilines is 1. The van der Waals surface area contributed by atoms with Gasteiger partial charge in [-0.3, -0.25) is 0 Å². The number of benzene rings is 2. The van der Waals surface area contributed by atoms with E-state index in [-0.39, 0.29) is 0 Å². The van der Waals surface area contributed by atoms with E-state index in [0.717, 1.165) is 27.9 Å². The van der Waals surface area contributed by atoms with Gasteiger partial charge in [-0.05, 0) is 41.9 Å². The molecule has 2 unspecified atom stereocenters. The van der Waals surface area contributed by atoms with Crippen molar-refractivity contribution >= 4 is 11.8 Å². The Labute approximate surface area is 214 Å². The van der Waals surface area contributed by atoms with Crippen LogP contribution in [0.2, 0.25) is 0 Å². The number of aromatic nitrogens is 6. The summed E-state index contributed by atoms with van der Waals surface area (Å²) >= 11 is 0. The van der Waals surface area contributed by atoms with Gasteiger partial charge in [-0.1, -0.05) is 30.9 Å². The van der Waals surface area contributed by atoms with Crippen molar-refractivity contribution in [2.45, 2.75) is 31.6 Å². The van der Waals surface area contributed by atoms with Crippen LogP contribution in [0, 0.1) is 0 Å². The molecule has 0 bridgehead atoms. The highest BCUT2D eigenvalue weighted by Crippen LogP contribution is 2.46. The van der Waals surface area contributed by atoms with Gasteiger partial charge in [-0.25, -0.2) is 0 Å². The summed E-state index contributed by atoms with van der Waals surface area (Å²) in [5, 5.41) is 21.7. The fourth-order valence-electron chi connectivity index (χ4n) is 4.75. The zero-order chi connectivity index (χ0) is 25.8. The molecule has 0 radical (unpaired) electrons. The van der Waals surface area contributed by atoms with Gasteiger partial charge in [0, 0.05) is 32.0 Å².